The summed E-state index contributed by atoms with van der Waals surface area (Å²) in [6, 6.07) is 0. The van der Waals surface area contributed by atoms with E-state index < -0.39 is 29.4 Å². The molecule has 0 aromatic carbocycles. The van der Waals surface area contributed by atoms with Crippen molar-refractivity contribution in [3.05, 3.63) is 23.8 Å². The van der Waals surface area contributed by atoms with Gasteiger partial charge in [0.2, 0.25) is 5.82 Å². The van der Waals surface area contributed by atoms with E-state index in [0.717, 1.165) is 25.2 Å². The molecular weight excluding hydrogens is 303 g/mol. The number of nitrogens with zero attached hydrogens (tertiary/aromatic N) is 2. The van der Waals surface area contributed by atoms with E-state index in [1.54, 1.807) is 0 Å². The molecule has 22 heavy (non-hydrogen) atoms. The molecule has 0 radical (unpaired) electrons. The Bertz CT molecular complexity index is 566. The van der Waals surface area contributed by atoms with Crippen LogP contribution in [0.4, 0.5) is 13.2 Å². The van der Waals surface area contributed by atoms with Gasteiger partial charge in [0, 0.05) is 12.4 Å². The van der Waals surface area contributed by atoms with Crippen LogP contribution in [0.25, 0.3) is 0 Å². The summed E-state index contributed by atoms with van der Waals surface area (Å²) < 4.78 is 37.1. The van der Waals surface area contributed by atoms with Crippen molar-refractivity contribution in [2.45, 2.75) is 43.8 Å². The molecule has 0 aliphatic heterocycles. The van der Waals surface area contributed by atoms with Crippen LogP contribution in [0.2, 0.25) is 0 Å². The number of carbonyl (C=O) groups excluding carboxylic acids is 1. The second-order valence-corrected chi connectivity index (χ2v) is 5.31. The zero-order chi connectivity index (χ0) is 16.4. The molecule has 0 saturated heterocycles. The molecule has 1 fully saturated rings. The van der Waals surface area contributed by atoms with Crippen LogP contribution >= 0.6 is 0 Å². The topological polar surface area (TPSA) is 92.2 Å². The van der Waals surface area contributed by atoms with E-state index in [2.05, 4.69) is 15.3 Å². The van der Waals surface area contributed by atoms with Crippen LogP contribution in [0.1, 0.15) is 48.3 Å². The standard InChI is InChI=1S/C13H14F3N3O3/c14-13(15,16)11-17-6-8(7-18-11)10(22)19-12(5-9(20)21)3-1-2-4-12/h6-7H,1-5H2,(H,19,22)(H,20,21). The van der Waals surface area contributed by atoms with Crippen LogP contribution in [0.15, 0.2) is 12.4 Å². The highest BCUT2D eigenvalue weighted by Gasteiger charge is 2.38. The molecule has 1 saturated carbocycles. The molecule has 1 amide bonds. The fourth-order valence-electron chi connectivity index (χ4n) is 2.59. The van der Waals surface area contributed by atoms with Crippen molar-refractivity contribution in [1.29, 1.82) is 0 Å². The van der Waals surface area contributed by atoms with Gasteiger partial charge in [0.05, 0.1) is 17.5 Å². The van der Waals surface area contributed by atoms with E-state index >= 15 is 0 Å². The van der Waals surface area contributed by atoms with Gasteiger partial charge in [-0.25, -0.2) is 9.97 Å². The monoisotopic (exact) mass is 317 g/mol. The summed E-state index contributed by atoms with van der Waals surface area (Å²) in [5, 5.41) is 11.6. The number of nitrogens with one attached hydrogen (secondary N) is 1. The molecule has 1 aliphatic carbocycles. The summed E-state index contributed by atoms with van der Waals surface area (Å²) in [5.74, 6) is -3.03. The molecule has 0 atom stereocenters. The minimum absolute atomic E-state index is 0.135. The van der Waals surface area contributed by atoms with Gasteiger partial charge in [-0.05, 0) is 12.8 Å². The Labute approximate surface area is 123 Å². The number of aliphatic carboxylic acids is 1. The fraction of sp³-hybridized carbons (Fsp3) is 0.538. The van der Waals surface area contributed by atoms with Crippen LogP contribution < -0.4 is 5.32 Å². The van der Waals surface area contributed by atoms with Gasteiger partial charge in [0.25, 0.3) is 5.91 Å². The van der Waals surface area contributed by atoms with Crippen LogP contribution in [0.3, 0.4) is 0 Å². The summed E-state index contributed by atoms with van der Waals surface area (Å²) in [4.78, 5) is 29.2. The van der Waals surface area contributed by atoms with Crippen LogP contribution in [-0.2, 0) is 11.0 Å². The molecule has 6 nitrogen and oxygen atoms in total. The maximum absolute atomic E-state index is 12.4. The number of carboxylic acids is 1. The molecule has 120 valence electrons. The zero-order valence-electron chi connectivity index (χ0n) is 11.5. The number of hydrogen-bond donors (Lipinski definition) is 2. The molecule has 0 spiro atoms. The predicted molar refractivity (Wildman–Crippen MR) is 68.0 cm³/mol. The summed E-state index contributed by atoms with van der Waals surface area (Å²) in [6.07, 6.45) is -0.707. The molecule has 0 bridgehead atoms. The summed E-state index contributed by atoms with van der Waals surface area (Å²) in [7, 11) is 0. The van der Waals surface area contributed by atoms with Crippen LogP contribution in [-0.4, -0.2) is 32.5 Å². The van der Waals surface area contributed by atoms with Crippen LogP contribution in [0.5, 0.6) is 0 Å². The van der Waals surface area contributed by atoms with Crippen molar-refractivity contribution in [2.75, 3.05) is 0 Å². The van der Waals surface area contributed by atoms with Crippen molar-refractivity contribution < 1.29 is 27.9 Å². The number of halogens is 3. The fourth-order valence-corrected chi connectivity index (χ4v) is 2.59. The quantitative estimate of drug-likeness (QED) is 0.886. The Morgan fingerprint density at radius 1 is 1.23 bits per heavy atom. The number of aromatic nitrogens is 2. The highest BCUT2D eigenvalue weighted by atomic mass is 19.4. The predicted octanol–water partition coefficient (Wildman–Crippen LogP) is 2.01. The van der Waals surface area contributed by atoms with E-state index in [1.165, 1.54) is 0 Å². The second-order valence-electron chi connectivity index (χ2n) is 5.31. The number of alkyl halides is 3. The second kappa shape index (κ2) is 5.90. The molecule has 1 aliphatic rings. The SMILES string of the molecule is O=C(O)CC1(NC(=O)c2cnc(C(F)(F)F)nc2)CCCC1. The van der Waals surface area contributed by atoms with Crippen molar-refractivity contribution in [1.82, 2.24) is 15.3 Å². The molecule has 9 heteroatoms. The number of amides is 1. The molecule has 2 rings (SSSR count). The third-order valence-corrected chi connectivity index (χ3v) is 3.60. The lowest BCUT2D eigenvalue weighted by Gasteiger charge is -2.28. The maximum atomic E-state index is 12.4. The van der Waals surface area contributed by atoms with Gasteiger partial charge in [-0.1, -0.05) is 12.8 Å². The van der Waals surface area contributed by atoms with Gasteiger partial charge >= 0.3 is 12.1 Å². The summed E-state index contributed by atoms with van der Waals surface area (Å²) in [5.41, 5.74) is -0.990. The average molecular weight is 317 g/mol. The number of hydrogen-bond acceptors (Lipinski definition) is 4. The first kappa shape index (κ1) is 16.2. The normalized spacial score (nSPS) is 17.2. The Morgan fingerprint density at radius 3 is 2.23 bits per heavy atom. The maximum Gasteiger partial charge on any atom is 0.451 e. The first-order chi connectivity index (χ1) is 10.2. The van der Waals surface area contributed by atoms with Gasteiger partial charge in [0.15, 0.2) is 0 Å². The Hall–Kier alpha value is -2.19. The van der Waals surface area contributed by atoms with E-state index in [4.69, 9.17) is 5.11 Å². The minimum Gasteiger partial charge on any atom is -0.481 e. The smallest absolute Gasteiger partial charge is 0.451 e. The largest absolute Gasteiger partial charge is 0.481 e. The van der Waals surface area contributed by atoms with Gasteiger partial charge in [0.1, 0.15) is 0 Å². The van der Waals surface area contributed by atoms with Crippen LogP contribution in [0, 0.1) is 0 Å². The Kier molecular flexibility index (Phi) is 4.34. The summed E-state index contributed by atoms with van der Waals surface area (Å²) >= 11 is 0. The third-order valence-electron chi connectivity index (χ3n) is 3.60. The van der Waals surface area contributed by atoms with Gasteiger partial charge in [-0.2, -0.15) is 13.2 Å². The van der Waals surface area contributed by atoms with E-state index in [1.807, 2.05) is 0 Å². The van der Waals surface area contributed by atoms with Gasteiger partial charge in [-0.3, -0.25) is 9.59 Å². The lowest BCUT2D eigenvalue weighted by Crippen LogP contribution is -2.47. The lowest BCUT2D eigenvalue weighted by molar-refractivity contribution is -0.145. The number of carboxylic acid groups (broad SMARTS) is 1. The first-order valence-electron chi connectivity index (χ1n) is 6.65. The molecule has 1 aromatic heterocycles. The molecule has 1 heterocycles. The van der Waals surface area contributed by atoms with E-state index in [0.29, 0.717) is 12.8 Å². The number of rotatable bonds is 4. The van der Waals surface area contributed by atoms with Crippen molar-refractivity contribution >= 4 is 11.9 Å². The highest BCUT2D eigenvalue weighted by Crippen LogP contribution is 2.33. The lowest BCUT2D eigenvalue weighted by atomic mass is 9.93. The van der Waals surface area contributed by atoms with Crippen molar-refractivity contribution in [2.24, 2.45) is 0 Å². The Morgan fingerprint density at radius 2 is 1.77 bits per heavy atom. The molecular formula is C13H14F3N3O3. The average Bonchev–Trinajstić information content (AvgIpc) is 2.85. The van der Waals surface area contributed by atoms with Gasteiger partial charge in [-0.15, -0.1) is 0 Å². The molecule has 1 aromatic rings. The van der Waals surface area contributed by atoms with Crippen molar-refractivity contribution in [3.8, 4) is 0 Å². The molecule has 0 unspecified atom stereocenters. The van der Waals surface area contributed by atoms with E-state index in [9.17, 15) is 22.8 Å². The van der Waals surface area contributed by atoms with Crippen molar-refractivity contribution in [3.63, 3.8) is 0 Å². The third kappa shape index (κ3) is 3.71. The van der Waals surface area contributed by atoms with Gasteiger partial charge < -0.3 is 10.4 Å². The number of carbonyl (C=O) groups is 2. The summed E-state index contributed by atoms with van der Waals surface area (Å²) in [6.45, 7) is 0. The minimum atomic E-state index is -4.68. The molecule has 2 N–H and O–H groups in total. The van der Waals surface area contributed by atoms with E-state index in [-0.39, 0.29) is 12.0 Å². The first-order valence-corrected chi connectivity index (χ1v) is 6.65. The highest BCUT2D eigenvalue weighted by molar-refractivity contribution is 5.94. The zero-order valence-corrected chi connectivity index (χ0v) is 11.5. The Balaban J connectivity index is 2.12.